The van der Waals surface area contributed by atoms with E-state index in [2.05, 4.69) is 10.6 Å². The molecular weight excluding hydrogens is 292 g/mol. The molecule has 21 heavy (non-hydrogen) atoms. The van der Waals surface area contributed by atoms with Crippen LogP contribution in [0.5, 0.6) is 0 Å². The minimum Gasteiger partial charge on any atom is -0.479 e. The molecule has 0 aliphatic carbocycles. The van der Waals surface area contributed by atoms with E-state index in [-0.39, 0.29) is 6.04 Å². The Balaban J connectivity index is 2.58. The lowest BCUT2D eigenvalue weighted by Gasteiger charge is -2.18. The zero-order chi connectivity index (χ0) is 15.8. The number of hydrogen-bond donors (Lipinski definition) is 3. The Labute approximate surface area is 126 Å². The summed E-state index contributed by atoms with van der Waals surface area (Å²) >= 11 is 0. The molecule has 7 heteroatoms. The maximum absolute atomic E-state index is 11.8. The monoisotopic (exact) mass is 312 g/mol. The van der Waals surface area contributed by atoms with Crippen LogP contribution < -0.4 is 10.6 Å². The summed E-state index contributed by atoms with van der Waals surface area (Å²) in [5.41, 5.74) is 0.502. The normalized spacial score (nSPS) is 14.8. The second-order valence-electron chi connectivity index (χ2n) is 4.77. The summed E-state index contributed by atoms with van der Waals surface area (Å²) in [5, 5.41) is 14.3. The fourth-order valence-electron chi connectivity index (χ4n) is 1.74. The van der Waals surface area contributed by atoms with Gasteiger partial charge in [-0.15, -0.1) is 0 Å². The Kier molecular flexibility index (Phi) is 6.87. The van der Waals surface area contributed by atoms with Crippen LogP contribution in [0.1, 0.15) is 24.9 Å². The highest BCUT2D eigenvalue weighted by Gasteiger charge is 2.22. The molecule has 1 rings (SSSR count). The summed E-state index contributed by atoms with van der Waals surface area (Å²) in [6.45, 7) is 1.78. The minimum absolute atomic E-state index is 0.181. The quantitative estimate of drug-likeness (QED) is 0.706. The number of carboxylic acids is 1. The number of rotatable bonds is 7. The van der Waals surface area contributed by atoms with Crippen LogP contribution in [0.2, 0.25) is 0 Å². The van der Waals surface area contributed by atoms with Crippen LogP contribution in [0.4, 0.5) is 4.79 Å². The van der Waals surface area contributed by atoms with Gasteiger partial charge in [-0.05, 0) is 18.9 Å². The number of nitrogens with one attached hydrogen (secondary N) is 2. The molecule has 2 amide bonds. The molecule has 0 aliphatic heterocycles. The molecule has 3 N–H and O–H groups in total. The van der Waals surface area contributed by atoms with E-state index in [4.69, 9.17) is 0 Å². The molecule has 0 aromatic heterocycles. The summed E-state index contributed by atoms with van der Waals surface area (Å²) in [4.78, 5) is 23.1. The fourth-order valence-corrected chi connectivity index (χ4v) is 2.43. The van der Waals surface area contributed by atoms with E-state index < -0.39 is 28.8 Å². The molecule has 3 unspecified atom stereocenters. The summed E-state index contributed by atoms with van der Waals surface area (Å²) in [6.07, 6.45) is 2.17. The number of urea groups is 1. The zero-order valence-electron chi connectivity index (χ0n) is 12.0. The van der Waals surface area contributed by atoms with E-state index in [1.807, 2.05) is 0 Å². The molecule has 6 nitrogen and oxygen atoms in total. The van der Waals surface area contributed by atoms with Gasteiger partial charge in [0.15, 0.2) is 6.04 Å². The van der Waals surface area contributed by atoms with Crippen molar-refractivity contribution in [3.05, 3.63) is 35.9 Å². The van der Waals surface area contributed by atoms with Crippen molar-refractivity contribution >= 4 is 22.8 Å². The van der Waals surface area contributed by atoms with Gasteiger partial charge in [-0.3, -0.25) is 4.21 Å². The van der Waals surface area contributed by atoms with Crippen LogP contribution in [-0.2, 0) is 15.6 Å². The first-order valence-corrected chi connectivity index (χ1v) is 8.27. The molecule has 116 valence electrons. The van der Waals surface area contributed by atoms with Crippen molar-refractivity contribution in [3.63, 3.8) is 0 Å². The second-order valence-corrected chi connectivity index (χ2v) is 6.32. The highest BCUT2D eigenvalue weighted by atomic mass is 32.2. The lowest BCUT2D eigenvalue weighted by molar-refractivity contribution is -0.139. The second kappa shape index (κ2) is 8.41. The molecule has 3 atom stereocenters. The van der Waals surface area contributed by atoms with Gasteiger partial charge in [0.25, 0.3) is 0 Å². The van der Waals surface area contributed by atoms with Crippen LogP contribution in [0.15, 0.2) is 30.3 Å². The zero-order valence-corrected chi connectivity index (χ0v) is 12.9. The summed E-state index contributed by atoms with van der Waals surface area (Å²) < 4.78 is 11.0. The van der Waals surface area contributed by atoms with Gasteiger partial charge in [-0.1, -0.05) is 30.3 Å². The smallest absolute Gasteiger partial charge is 0.330 e. The summed E-state index contributed by atoms with van der Waals surface area (Å²) in [7, 11) is -0.915. The van der Waals surface area contributed by atoms with Gasteiger partial charge in [-0.25, -0.2) is 9.59 Å². The molecule has 0 spiro atoms. The van der Waals surface area contributed by atoms with Crippen molar-refractivity contribution < 1.29 is 18.9 Å². The average molecular weight is 312 g/mol. The first kappa shape index (κ1) is 17.2. The minimum atomic E-state index is -1.13. The van der Waals surface area contributed by atoms with E-state index in [9.17, 15) is 18.9 Å². The highest BCUT2D eigenvalue weighted by Crippen LogP contribution is 2.12. The molecule has 0 radical (unpaired) electrons. The molecule has 1 aromatic rings. The number of amides is 2. The van der Waals surface area contributed by atoms with Gasteiger partial charge in [0.1, 0.15) is 0 Å². The SMILES string of the molecule is CC(CCS(C)=O)NC(=O)NC(C(=O)O)c1ccccc1. The molecule has 0 saturated carbocycles. The third-order valence-electron chi connectivity index (χ3n) is 2.87. The van der Waals surface area contributed by atoms with Crippen LogP contribution >= 0.6 is 0 Å². The molecule has 0 saturated heterocycles. The van der Waals surface area contributed by atoms with Gasteiger partial charge in [0.2, 0.25) is 0 Å². The maximum Gasteiger partial charge on any atom is 0.330 e. The Bertz CT molecular complexity index is 507. The Morgan fingerprint density at radius 2 is 1.86 bits per heavy atom. The van der Waals surface area contributed by atoms with Crippen LogP contribution in [0.25, 0.3) is 0 Å². The molecule has 0 fully saturated rings. The van der Waals surface area contributed by atoms with Crippen molar-refractivity contribution in [2.45, 2.75) is 25.4 Å². The number of hydrogen-bond acceptors (Lipinski definition) is 3. The predicted molar refractivity (Wildman–Crippen MR) is 81.5 cm³/mol. The van der Waals surface area contributed by atoms with E-state index in [1.54, 1.807) is 43.5 Å². The summed E-state index contributed by atoms with van der Waals surface area (Å²) in [5.74, 6) is -0.638. The van der Waals surface area contributed by atoms with Crippen molar-refractivity contribution in [2.24, 2.45) is 0 Å². The number of carboxylic acid groups (broad SMARTS) is 1. The number of carbonyl (C=O) groups is 2. The average Bonchev–Trinajstić information content (AvgIpc) is 2.43. The Morgan fingerprint density at radius 1 is 1.24 bits per heavy atom. The van der Waals surface area contributed by atoms with Crippen molar-refractivity contribution in [1.82, 2.24) is 10.6 Å². The maximum atomic E-state index is 11.8. The first-order valence-electron chi connectivity index (χ1n) is 6.55. The Hall–Kier alpha value is -1.89. The molecule has 1 aromatic carbocycles. The molecule has 0 bridgehead atoms. The number of benzene rings is 1. The van der Waals surface area contributed by atoms with E-state index in [0.717, 1.165) is 0 Å². The largest absolute Gasteiger partial charge is 0.479 e. The van der Waals surface area contributed by atoms with Crippen LogP contribution in [0, 0.1) is 0 Å². The molecule has 0 aliphatic rings. The first-order chi connectivity index (χ1) is 9.90. The lowest BCUT2D eigenvalue weighted by atomic mass is 10.1. The number of carbonyl (C=O) groups excluding carboxylic acids is 1. The lowest BCUT2D eigenvalue weighted by Crippen LogP contribution is -2.44. The highest BCUT2D eigenvalue weighted by molar-refractivity contribution is 7.84. The van der Waals surface area contributed by atoms with Crippen molar-refractivity contribution in [1.29, 1.82) is 0 Å². The van der Waals surface area contributed by atoms with E-state index in [1.165, 1.54) is 0 Å². The third-order valence-corrected chi connectivity index (χ3v) is 3.68. The topological polar surface area (TPSA) is 95.5 Å². The van der Waals surface area contributed by atoms with Gasteiger partial charge in [-0.2, -0.15) is 0 Å². The fraction of sp³-hybridized carbons (Fsp3) is 0.429. The van der Waals surface area contributed by atoms with Crippen LogP contribution in [-0.4, -0.2) is 39.4 Å². The van der Waals surface area contributed by atoms with Crippen molar-refractivity contribution in [3.8, 4) is 0 Å². The van der Waals surface area contributed by atoms with Gasteiger partial charge >= 0.3 is 12.0 Å². The van der Waals surface area contributed by atoms with E-state index in [0.29, 0.717) is 17.7 Å². The van der Waals surface area contributed by atoms with Crippen LogP contribution in [0.3, 0.4) is 0 Å². The van der Waals surface area contributed by atoms with E-state index >= 15 is 0 Å². The van der Waals surface area contributed by atoms with Gasteiger partial charge in [0.05, 0.1) is 0 Å². The predicted octanol–water partition coefficient (Wildman–Crippen LogP) is 1.27. The van der Waals surface area contributed by atoms with Crippen molar-refractivity contribution in [2.75, 3.05) is 12.0 Å². The van der Waals surface area contributed by atoms with Gasteiger partial charge in [0, 0.05) is 28.9 Å². The molecule has 0 heterocycles. The number of aliphatic carboxylic acids is 1. The third kappa shape index (κ3) is 6.40. The summed E-state index contributed by atoms with van der Waals surface area (Å²) in [6, 6.07) is 6.65. The standard InChI is InChI=1S/C14H20N2O4S/c1-10(8-9-21(2)20)15-14(19)16-12(13(17)18)11-6-4-3-5-7-11/h3-7,10,12H,8-9H2,1-2H3,(H,17,18)(H2,15,16,19). The molecular formula is C14H20N2O4S. The van der Waals surface area contributed by atoms with Gasteiger partial charge < -0.3 is 15.7 Å². The Morgan fingerprint density at radius 3 is 2.38 bits per heavy atom.